The van der Waals surface area contributed by atoms with Crippen molar-refractivity contribution in [1.29, 1.82) is 0 Å². The lowest BCUT2D eigenvalue weighted by molar-refractivity contribution is 0.200. The Hall–Kier alpha value is -2.27. The Kier molecular flexibility index (Phi) is 3.66. The van der Waals surface area contributed by atoms with Gasteiger partial charge in [-0.1, -0.05) is 17.7 Å². The van der Waals surface area contributed by atoms with Crippen LogP contribution in [-0.2, 0) is 0 Å². The standard InChI is InChI=1S/C16H16N2O2S/c1-11-3-5-14(6-4-11)21-17-15-10-13(20-2)9-12-7-8-18(19)16(12)15/h3-10,17,19H,1-2H3. The summed E-state index contributed by atoms with van der Waals surface area (Å²) in [5, 5.41) is 10.8. The molecule has 1 heterocycles. The Balaban J connectivity index is 1.91. The van der Waals surface area contributed by atoms with Crippen LogP contribution in [0.3, 0.4) is 0 Å². The topological polar surface area (TPSA) is 46.4 Å². The Labute approximate surface area is 127 Å². The van der Waals surface area contributed by atoms with E-state index in [9.17, 15) is 5.21 Å². The van der Waals surface area contributed by atoms with Crippen LogP contribution in [0.2, 0.25) is 0 Å². The molecule has 0 radical (unpaired) electrons. The third kappa shape index (κ3) is 2.78. The van der Waals surface area contributed by atoms with Gasteiger partial charge in [0.1, 0.15) is 11.3 Å². The molecule has 108 valence electrons. The molecule has 3 rings (SSSR count). The summed E-state index contributed by atoms with van der Waals surface area (Å²) in [6.45, 7) is 2.06. The highest BCUT2D eigenvalue weighted by Crippen LogP contribution is 2.32. The van der Waals surface area contributed by atoms with E-state index < -0.39 is 0 Å². The highest BCUT2D eigenvalue weighted by atomic mass is 32.2. The van der Waals surface area contributed by atoms with E-state index in [-0.39, 0.29) is 0 Å². The first kappa shape index (κ1) is 13.7. The number of anilines is 1. The summed E-state index contributed by atoms with van der Waals surface area (Å²) >= 11 is 1.50. The minimum Gasteiger partial charge on any atom is -0.497 e. The number of methoxy groups -OCH3 is 1. The van der Waals surface area contributed by atoms with E-state index in [1.165, 1.54) is 17.5 Å². The fourth-order valence-electron chi connectivity index (χ4n) is 2.15. The van der Waals surface area contributed by atoms with Gasteiger partial charge in [0.25, 0.3) is 0 Å². The van der Waals surface area contributed by atoms with Crippen molar-refractivity contribution in [2.75, 3.05) is 11.8 Å². The molecule has 0 atom stereocenters. The molecule has 0 aliphatic rings. The zero-order valence-corrected chi connectivity index (χ0v) is 12.6. The molecule has 0 amide bonds. The van der Waals surface area contributed by atoms with Gasteiger partial charge in [-0.25, -0.2) is 0 Å². The summed E-state index contributed by atoms with van der Waals surface area (Å²) in [6.07, 6.45) is 1.62. The summed E-state index contributed by atoms with van der Waals surface area (Å²) in [5.41, 5.74) is 2.77. The van der Waals surface area contributed by atoms with Gasteiger partial charge in [0.2, 0.25) is 0 Å². The van der Waals surface area contributed by atoms with Crippen molar-refractivity contribution in [2.24, 2.45) is 0 Å². The number of aryl methyl sites for hydroxylation is 1. The van der Waals surface area contributed by atoms with Gasteiger partial charge >= 0.3 is 0 Å². The Morgan fingerprint density at radius 2 is 1.90 bits per heavy atom. The highest BCUT2D eigenvalue weighted by Gasteiger charge is 2.09. The fraction of sp³-hybridized carbons (Fsp3) is 0.125. The number of hydrogen-bond donors (Lipinski definition) is 2. The molecule has 0 bridgehead atoms. The number of nitrogens with one attached hydrogen (secondary N) is 1. The van der Waals surface area contributed by atoms with Crippen molar-refractivity contribution in [3.8, 4) is 5.75 Å². The van der Waals surface area contributed by atoms with Crippen LogP contribution in [0.5, 0.6) is 5.75 Å². The lowest BCUT2D eigenvalue weighted by Gasteiger charge is -2.10. The molecule has 21 heavy (non-hydrogen) atoms. The van der Waals surface area contributed by atoms with Crippen LogP contribution in [0.4, 0.5) is 5.69 Å². The number of aromatic nitrogens is 1. The van der Waals surface area contributed by atoms with E-state index in [0.29, 0.717) is 0 Å². The fourth-order valence-corrected chi connectivity index (χ4v) is 2.81. The Bertz CT molecular complexity index is 766. The van der Waals surface area contributed by atoms with Crippen molar-refractivity contribution < 1.29 is 9.94 Å². The van der Waals surface area contributed by atoms with Crippen molar-refractivity contribution >= 4 is 28.5 Å². The molecule has 0 fully saturated rings. The molecule has 3 aromatic rings. The minimum atomic E-state index is 0.732. The first-order valence-electron chi connectivity index (χ1n) is 6.55. The van der Waals surface area contributed by atoms with Crippen molar-refractivity contribution in [1.82, 2.24) is 4.73 Å². The van der Waals surface area contributed by atoms with Crippen LogP contribution in [0, 0.1) is 6.92 Å². The predicted octanol–water partition coefficient (Wildman–Crippen LogP) is 4.31. The van der Waals surface area contributed by atoms with Crippen molar-refractivity contribution in [3.63, 3.8) is 0 Å². The quantitative estimate of drug-likeness (QED) is 0.556. The maximum Gasteiger partial charge on any atom is 0.121 e. The van der Waals surface area contributed by atoms with Gasteiger partial charge < -0.3 is 14.7 Å². The first-order valence-corrected chi connectivity index (χ1v) is 7.37. The summed E-state index contributed by atoms with van der Waals surface area (Å²) in [4.78, 5) is 1.10. The van der Waals surface area contributed by atoms with Gasteiger partial charge in [-0.15, -0.1) is 0 Å². The van der Waals surface area contributed by atoms with Crippen LogP contribution in [0.1, 0.15) is 5.56 Å². The Morgan fingerprint density at radius 1 is 1.14 bits per heavy atom. The number of benzene rings is 2. The van der Waals surface area contributed by atoms with Gasteiger partial charge in [0.15, 0.2) is 0 Å². The summed E-state index contributed by atoms with van der Waals surface area (Å²) in [5.74, 6) is 0.751. The lowest BCUT2D eigenvalue weighted by Crippen LogP contribution is -1.95. The van der Waals surface area contributed by atoms with E-state index in [2.05, 4.69) is 35.9 Å². The molecule has 2 N–H and O–H groups in total. The smallest absolute Gasteiger partial charge is 0.121 e. The van der Waals surface area contributed by atoms with Gasteiger partial charge in [-0.3, -0.25) is 0 Å². The van der Waals surface area contributed by atoms with Crippen molar-refractivity contribution in [3.05, 3.63) is 54.2 Å². The van der Waals surface area contributed by atoms with E-state index in [0.717, 1.165) is 32.0 Å². The van der Waals surface area contributed by atoms with Gasteiger partial charge in [-0.05, 0) is 43.1 Å². The third-order valence-electron chi connectivity index (χ3n) is 3.27. The molecular formula is C16H16N2O2S. The monoisotopic (exact) mass is 300 g/mol. The Morgan fingerprint density at radius 3 is 2.62 bits per heavy atom. The molecule has 0 saturated heterocycles. The normalized spacial score (nSPS) is 10.8. The van der Waals surface area contributed by atoms with Gasteiger partial charge in [0.05, 0.1) is 12.8 Å². The summed E-state index contributed by atoms with van der Waals surface area (Å²) in [7, 11) is 1.63. The SMILES string of the molecule is COc1cc(NSc2ccc(C)cc2)c2c(ccn2O)c1. The summed E-state index contributed by atoms with van der Waals surface area (Å²) < 4.78 is 9.70. The molecule has 0 unspecified atom stereocenters. The van der Waals surface area contributed by atoms with Crippen LogP contribution in [-0.4, -0.2) is 17.0 Å². The number of hydrogen-bond acceptors (Lipinski definition) is 4. The minimum absolute atomic E-state index is 0.732. The maximum absolute atomic E-state index is 9.92. The molecule has 0 saturated carbocycles. The van der Waals surface area contributed by atoms with Gasteiger partial charge in [0, 0.05) is 22.5 Å². The molecule has 0 aliphatic carbocycles. The van der Waals surface area contributed by atoms with E-state index >= 15 is 0 Å². The average molecular weight is 300 g/mol. The molecule has 1 aromatic heterocycles. The second kappa shape index (κ2) is 5.61. The predicted molar refractivity (Wildman–Crippen MR) is 86.3 cm³/mol. The molecule has 5 heteroatoms. The maximum atomic E-state index is 9.92. The highest BCUT2D eigenvalue weighted by molar-refractivity contribution is 8.00. The van der Waals surface area contributed by atoms with Crippen LogP contribution < -0.4 is 9.46 Å². The number of ether oxygens (including phenoxy) is 1. The molecular weight excluding hydrogens is 284 g/mol. The number of rotatable bonds is 4. The van der Waals surface area contributed by atoms with Crippen LogP contribution >= 0.6 is 11.9 Å². The largest absolute Gasteiger partial charge is 0.497 e. The first-order chi connectivity index (χ1) is 10.2. The third-order valence-corrected chi connectivity index (χ3v) is 4.10. The second-order valence-electron chi connectivity index (χ2n) is 4.79. The van der Waals surface area contributed by atoms with Crippen LogP contribution in [0.15, 0.2) is 53.6 Å². The zero-order valence-electron chi connectivity index (χ0n) is 11.8. The van der Waals surface area contributed by atoms with E-state index in [1.807, 2.05) is 18.2 Å². The molecule has 2 aromatic carbocycles. The van der Waals surface area contributed by atoms with E-state index in [4.69, 9.17) is 4.74 Å². The molecule has 4 nitrogen and oxygen atoms in total. The average Bonchev–Trinajstić information content (AvgIpc) is 2.88. The van der Waals surface area contributed by atoms with E-state index in [1.54, 1.807) is 13.3 Å². The van der Waals surface area contributed by atoms with Gasteiger partial charge in [-0.2, -0.15) is 4.73 Å². The lowest BCUT2D eigenvalue weighted by atomic mass is 10.2. The zero-order chi connectivity index (χ0) is 14.8. The summed E-state index contributed by atoms with van der Waals surface area (Å²) in [6, 6.07) is 13.9. The van der Waals surface area contributed by atoms with Crippen LogP contribution in [0.25, 0.3) is 10.9 Å². The number of nitrogens with zero attached hydrogens (tertiary/aromatic N) is 1. The second-order valence-corrected chi connectivity index (χ2v) is 5.67. The molecule has 0 spiro atoms. The number of fused-ring (bicyclic) bond motifs is 1. The van der Waals surface area contributed by atoms with Crippen molar-refractivity contribution in [2.45, 2.75) is 11.8 Å². The molecule has 0 aliphatic heterocycles.